The van der Waals surface area contributed by atoms with Gasteiger partial charge >= 0.3 is 0 Å². The van der Waals surface area contributed by atoms with Crippen molar-refractivity contribution in [3.8, 4) is 0 Å². The van der Waals surface area contributed by atoms with Crippen molar-refractivity contribution in [2.45, 2.75) is 58.8 Å². The van der Waals surface area contributed by atoms with E-state index in [0.717, 1.165) is 79.8 Å². The summed E-state index contributed by atoms with van der Waals surface area (Å²) in [5, 5.41) is 0. The molecule has 0 unspecified atom stereocenters. The SMILES string of the molecule is CCCN(CCC)C(=O)C1=CC2=C(C=C(c3ccc(C(=O)N4CCCCC4)cc3)C=CC2)N=C(N)C1. The minimum atomic E-state index is 0.0528. The predicted molar refractivity (Wildman–Crippen MR) is 146 cm³/mol. The normalized spacial score (nSPS) is 17.9. The van der Waals surface area contributed by atoms with Gasteiger partial charge in [-0.2, -0.15) is 0 Å². The highest BCUT2D eigenvalue weighted by Gasteiger charge is 2.22. The van der Waals surface area contributed by atoms with Crippen LogP contribution in [0.3, 0.4) is 0 Å². The Morgan fingerprint density at radius 3 is 2.36 bits per heavy atom. The molecule has 2 heterocycles. The van der Waals surface area contributed by atoms with E-state index in [4.69, 9.17) is 10.7 Å². The topological polar surface area (TPSA) is 79.0 Å². The first-order chi connectivity index (χ1) is 17.5. The third-order valence-corrected chi connectivity index (χ3v) is 6.90. The zero-order chi connectivity index (χ0) is 25.5. The number of hydrogen-bond donors (Lipinski definition) is 1. The number of carbonyl (C=O) groups excluding carboxylic acids is 2. The van der Waals surface area contributed by atoms with Crippen LogP contribution in [0, 0.1) is 0 Å². The number of likely N-dealkylation sites (tertiary alicyclic amines) is 1. The Labute approximate surface area is 214 Å². The fourth-order valence-corrected chi connectivity index (χ4v) is 5.05. The molecule has 0 bridgehead atoms. The maximum Gasteiger partial charge on any atom is 0.253 e. The average molecular weight is 487 g/mol. The summed E-state index contributed by atoms with van der Waals surface area (Å²) in [6.45, 7) is 7.36. The van der Waals surface area contributed by atoms with E-state index in [-0.39, 0.29) is 11.8 Å². The number of amides is 2. The standard InChI is InChI=1S/C30H38N4O2/c1-3-15-33(16-4-2)30(36)26-19-25-10-8-9-24(20-27(25)32-28(31)21-26)22-11-13-23(14-12-22)29(35)34-17-6-5-7-18-34/h8-9,11-14,19-20H,3-7,10,15-18,21H2,1-2H3,(H2,31,32). The molecule has 1 saturated heterocycles. The number of rotatable bonds is 7. The smallest absolute Gasteiger partial charge is 0.253 e. The predicted octanol–water partition coefficient (Wildman–Crippen LogP) is 5.25. The quantitative estimate of drug-likeness (QED) is 0.572. The molecule has 0 atom stereocenters. The lowest BCUT2D eigenvalue weighted by Crippen LogP contribution is -2.35. The lowest BCUT2D eigenvalue weighted by Gasteiger charge is -2.26. The van der Waals surface area contributed by atoms with Crippen molar-refractivity contribution in [1.29, 1.82) is 0 Å². The van der Waals surface area contributed by atoms with Crippen LogP contribution in [-0.4, -0.2) is 53.6 Å². The summed E-state index contributed by atoms with van der Waals surface area (Å²) in [5.41, 5.74) is 11.5. The van der Waals surface area contributed by atoms with Crippen LogP contribution in [0.4, 0.5) is 0 Å². The van der Waals surface area contributed by atoms with Gasteiger partial charge in [-0.25, -0.2) is 4.99 Å². The Hall–Kier alpha value is -3.41. The molecule has 1 fully saturated rings. The van der Waals surface area contributed by atoms with Crippen molar-refractivity contribution < 1.29 is 9.59 Å². The maximum atomic E-state index is 13.3. The second kappa shape index (κ2) is 12.0. The van der Waals surface area contributed by atoms with Crippen LogP contribution >= 0.6 is 0 Å². The van der Waals surface area contributed by atoms with Gasteiger partial charge in [-0.15, -0.1) is 0 Å². The van der Waals surface area contributed by atoms with E-state index in [1.54, 1.807) is 0 Å². The Balaban J connectivity index is 1.59. The van der Waals surface area contributed by atoms with Gasteiger partial charge in [-0.3, -0.25) is 9.59 Å². The number of hydrogen-bond acceptors (Lipinski definition) is 4. The molecule has 36 heavy (non-hydrogen) atoms. The van der Waals surface area contributed by atoms with Gasteiger partial charge in [-0.05, 0) is 79.5 Å². The monoisotopic (exact) mass is 486 g/mol. The highest BCUT2D eigenvalue weighted by Crippen LogP contribution is 2.30. The summed E-state index contributed by atoms with van der Waals surface area (Å²) in [7, 11) is 0. The molecule has 0 spiro atoms. The summed E-state index contributed by atoms with van der Waals surface area (Å²) < 4.78 is 0. The summed E-state index contributed by atoms with van der Waals surface area (Å²) in [6, 6.07) is 7.83. The first kappa shape index (κ1) is 25.7. The molecule has 1 aromatic rings. The third kappa shape index (κ3) is 6.04. The molecular weight excluding hydrogens is 448 g/mol. The van der Waals surface area contributed by atoms with E-state index in [9.17, 15) is 9.59 Å². The van der Waals surface area contributed by atoms with Gasteiger partial charge in [0.2, 0.25) is 5.91 Å². The third-order valence-electron chi connectivity index (χ3n) is 6.90. The van der Waals surface area contributed by atoms with E-state index < -0.39 is 0 Å². The van der Waals surface area contributed by atoms with Crippen LogP contribution in [0.15, 0.2) is 70.4 Å². The number of carbonyl (C=O) groups is 2. The number of piperidine rings is 1. The lowest BCUT2D eigenvalue weighted by atomic mass is 10.0. The number of allylic oxidation sites excluding steroid dienone is 6. The summed E-state index contributed by atoms with van der Waals surface area (Å²) in [4.78, 5) is 34.7. The van der Waals surface area contributed by atoms with Gasteiger partial charge in [0.05, 0.1) is 5.70 Å². The molecule has 0 radical (unpaired) electrons. The molecule has 1 aliphatic carbocycles. The van der Waals surface area contributed by atoms with Crippen LogP contribution in [0.5, 0.6) is 0 Å². The van der Waals surface area contributed by atoms with Crippen molar-refractivity contribution in [3.05, 3.63) is 76.5 Å². The van der Waals surface area contributed by atoms with E-state index >= 15 is 0 Å². The van der Waals surface area contributed by atoms with Crippen molar-refractivity contribution in [2.75, 3.05) is 26.2 Å². The molecule has 2 N–H and O–H groups in total. The van der Waals surface area contributed by atoms with E-state index in [2.05, 4.69) is 26.0 Å². The Kier molecular flexibility index (Phi) is 8.57. The molecule has 1 aromatic carbocycles. The van der Waals surface area contributed by atoms with Crippen molar-refractivity contribution in [3.63, 3.8) is 0 Å². The van der Waals surface area contributed by atoms with Gasteiger partial charge in [0.25, 0.3) is 5.91 Å². The fraction of sp³-hybridized carbons (Fsp3) is 0.433. The molecule has 0 saturated carbocycles. The van der Waals surface area contributed by atoms with Crippen LogP contribution in [0.2, 0.25) is 0 Å². The highest BCUT2D eigenvalue weighted by molar-refractivity contribution is 6.01. The molecule has 6 nitrogen and oxygen atoms in total. The van der Waals surface area contributed by atoms with Gasteiger partial charge in [-0.1, -0.05) is 38.1 Å². The number of amidine groups is 1. The number of aliphatic imine (C=N–C) groups is 1. The summed E-state index contributed by atoms with van der Waals surface area (Å²) in [5.74, 6) is 0.616. The molecule has 6 heteroatoms. The first-order valence-electron chi connectivity index (χ1n) is 13.3. The minimum Gasteiger partial charge on any atom is -0.387 e. The Morgan fingerprint density at radius 2 is 1.69 bits per heavy atom. The molecular formula is C30H38N4O2. The van der Waals surface area contributed by atoms with Gasteiger partial charge in [0, 0.05) is 43.7 Å². The van der Waals surface area contributed by atoms with Gasteiger partial charge in [0.1, 0.15) is 5.84 Å². The van der Waals surface area contributed by atoms with E-state index in [1.165, 1.54) is 6.42 Å². The van der Waals surface area contributed by atoms with Crippen LogP contribution in [-0.2, 0) is 4.79 Å². The zero-order valence-electron chi connectivity index (χ0n) is 21.6. The van der Waals surface area contributed by atoms with Gasteiger partial charge in [0.15, 0.2) is 0 Å². The highest BCUT2D eigenvalue weighted by atomic mass is 16.2. The van der Waals surface area contributed by atoms with Crippen molar-refractivity contribution >= 4 is 23.2 Å². The Bertz CT molecular complexity index is 1130. The molecule has 3 aliphatic rings. The summed E-state index contributed by atoms with van der Waals surface area (Å²) >= 11 is 0. The van der Waals surface area contributed by atoms with Crippen molar-refractivity contribution in [2.24, 2.45) is 10.7 Å². The molecule has 190 valence electrons. The minimum absolute atomic E-state index is 0.0528. The zero-order valence-corrected chi connectivity index (χ0v) is 21.6. The van der Waals surface area contributed by atoms with E-state index in [0.29, 0.717) is 24.3 Å². The number of nitrogens with two attached hydrogens (primary N) is 1. The van der Waals surface area contributed by atoms with Crippen LogP contribution < -0.4 is 5.73 Å². The second-order valence-electron chi connectivity index (χ2n) is 9.79. The molecule has 2 amide bonds. The fourth-order valence-electron chi connectivity index (χ4n) is 5.05. The number of benzene rings is 1. The van der Waals surface area contributed by atoms with Crippen LogP contribution in [0.25, 0.3) is 5.57 Å². The lowest BCUT2D eigenvalue weighted by molar-refractivity contribution is -0.127. The number of nitrogens with zero attached hydrogens (tertiary/aromatic N) is 3. The summed E-state index contributed by atoms with van der Waals surface area (Å²) in [6.07, 6.45) is 14.5. The first-order valence-corrected chi connectivity index (χ1v) is 13.3. The molecule has 2 aliphatic heterocycles. The average Bonchev–Trinajstić information content (AvgIpc) is 3.18. The molecule has 4 rings (SSSR count). The largest absolute Gasteiger partial charge is 0.387 e. The second-order valence-corrected chi connectivity index (χ2v) is 9.79. The van der Waals surface area contributed by atoms with Gasteiger partial charge < -0.3 is 15.5 Å². The molecule has 0 aromatic heterocycles. The van der Waals surface area contributed by atoms with Crippen molar-refractivity contribution in [1.82, 2.24) is 9.80 Å². The van der Waals surface area contributed by atoms with E-state index in [1.807, 2.05) is 46.2 Å². The Morgan fingerprint density at radius 1 is 1.00 bits per heavy atom. The van der Waals surface area contributed by atoms with Crippen LogP contribution in [0.1, 0.15) is 74.7 Å². The maximum absolute atomic E-state index is 13.3.